The summed E-state index contributed by atoms with van der Waals surface area (Å²) in [5.41, 5.74) is 1.03. The highest BCUT2D eigenvalue weighted by molar-refractivity contribution is 9.10. The molecule has 0 aliphatic heterocycles. The van der Waals surface area contributed by atoms with Gasteiger partial charge in [0.05, 0.1) is 10.2 Å². The van der Waals surface area contributed by atoms with Crippen LogP contribution in [0.15, 0.2) is 40.9 Å². The van der Waals surface area contributed by atoms with Crippen LogP contribution in [0.2, 0.25) is 0 Å². The zero-order valence-corrected chi connectivity index (χ0v) is 11.4. The Morgan fingerprint density at radius 1 is 1.26 bits per heavy atom. The number of nitrogens with zero attached hydrogens (tertiary/aromatic N) is 1. The second kappa shape index (κ2) is 5.72. The molecule has 2 aromatic rings. The monoisotopic (exact) mass is 320 g/mol. The predicted octanol–water partition coefficient (Wildman–Crippen LogP) is 3.78. The molecule has 0 aliphatic rings. The second-order valence-electron chi connectivity index (χ2n) is 3.88. The highest BCUT2D eigenvalue weighted by Gasteiger charge is 2.09. The van der Waals surface area contributed by atoms with Gasteiger partial charge in [0, 0.05) is 12.1 Å². The van der Waals surface area contributed by atoms with Crippen LogP contribution in [0, 0.1) is 17.1 Å². The van der Waals surface area contributed by atoms with Gasteiger partial charge in [-0.2, -0.15) is 5.26 Å². The number of phenolic OH excluding ortho intramolecular Hbond substituents is 1. The molecule has 0 aromatic heterocycles. The van der Waals surface area contributed by atoms with Gasteiger partial charge in [0.1, 0.15) is 23.2 Å². The van der Waals surface area contributed by atoms with Gasteiger partial charge in [-0.1, -0.05) is 18.2 Å². The van der Waals surface area contributed by atoms with Crippen LogP contribution in [-0.2, 0) is 6.54 Å². The first-order valence-electron chi connectivity index (χ1n) is 5.52. The van der Waals surface area contributed by atoms with Crippen molar-refractivity contribution in [3.8, 4) is 11.8 Å². The summed E-state index contributed by atoms with van der Waals surface area (Å²) in [6.45, 7) is 0.295. The number of hydrogen-bond acceptors (Lipinski definition) is 3. The average Bonchev–Trinajstić information content (AvgIpc) is 2.40. The Morgan fingerprint density at radius 3 is 2.74 bits per heavy atom. The van der Waals surface area contributed by atoms with Gasteiger partial charge in [0.25, 0.3) is 0 Å². The van der Waals surface area contributed by atoms with Gasteiger partial charge in [0.15, 0.2) is 0 Å². The fraction of sp³-hybridized carbons (Fsp3) is 0.0714. The SMILES string of the molecule is N#Cc1c(F)cccc1NCc1cccc(Br)c1O. The first-order chi connectivity index (χ1) is 9.13. The third kappa shape index (κ3) is 2.85. The molecule has 0 fully saturated rings. The molecule has 5 heteroatoms. The van der Waals surface area contributed by atoms with Crippen LogP contribution in [0.5, 0.6) is 5.75 Å². The maximum absolute atomic E-state index is 13.4. The van der Waals surface area contributed by atoms with E-state index in [0.29, 0.717) is 22.3 Å². The zero-order valence-electron chi connectivity index (χ0n) is 9.82. The Balaban J connectivity index is 2.22. The van der Waals surface area contributed by atoms with Gasteiger partial charge < -0.3 is 10.4 Å². The first-order valence-corrected chi connectivity index (χ1v) is 6.31. The summed E-state index contributed by atoms with van der Waals surface area (Å²) >= 11 is 3.22. The summed E-state index contributed by atoms with van der Waals surface area (Å²) < 4.78 is 14.0. The highest BCUT2D eigenvalue weighted by Crippen LogP contribution is 2.28. The minimum absolute atomic E-state index is 0.0306. The lowest BCUT2D eigenvalue weighted by atomic mass is 10.1. The van der Waals surface area contributed by atoms with Crippen LogP contribution >= 0.6 is 15.9 Å². The van der Waals surface area contributed by atoms with Crippen molar-refractivity contribution >= 4 is 21.6 Å². The van der Waals surface area contributed by atoms with E-state index in [0.717, 1.165) is 0 Å². The van der Waals surface area contributed by atoms with Crippen LogP contribution < -0.4 is 5.32 Å². The molecular weight excluding hydrogens is 311 g/mol. The van der Waals surface area contributed by atoms with Gasteiger partial charge in [-0.25, -0.2) is 4.39 Å². The number of hydrogen-bond donors (Lipinski definition) is 2. The van der Waals surface area contributed by atoms with E-state index in [1.54, 1.807) is 24.3 Å². The molecule has 0 saturated carbocycles. The van der Waals surface area contributed by atoms with Crippen LogP contribution in [-0.4, -0.2) is 5.11 Å². The molecular formula is C14H10BrFN2O. The fourth-order valence-electron chi connectivity index (χ4n) is 1.68. The number of anilines is 1. The summed E-state index contributed by atoms with van der Waals surface area (Å²) in [4.78, 5) is 0. The van der Waals surface area contributed by atoms with Crippen LogP contribution in [0.4, 0.5) is 10.1 Å². The van der Waals surface area contributed by atoms with E-state index >= 15 is 0 Å². The zero-order chi connectivity index (χ0) is 13.8. The van der Waals surface area contributed by atoms with E-state index in [-0.39, 0.29) is 11.3 Å². The van der Waals surface area contributed by atoms with Gasteiger partial charge in [0.2, 0.25) is 0 Å². The highest BCUT2D eigenvalue weighted by atomic mass is 79.9. The van der Waals surface area contributed by atoms with Crippen molar-refractivity contribution in [2.45, 2.75) is 6.54 Å². The van der Waals surface area contributed by atoms with E-state index < -0.39 is 5.82 Å². The van der Waals surface area contributed by atoms with E-state index in [9.17, 15) is 9.50 Å². The molecule has 3 nitrogen and oxygen atoms in total. The largest absolute Gasteiger partial charge is 0.506 e. The smallest absolute Gasteiger partial charge is 0.143 e. The van der Waals surface area contributed by atoms with E-state index in [2.05, 4.69) is 21.2 Å². The minimum atomic E-state index is -0.564. The van der Waals surface area contributed by atoms with E-state index in [1.807, 2.05) is 6.07 Å². The summed E-state index contributed by atoms with van der Waals surface area (Å²) in [5.74, 6) is -0.434. The Kier molecular flexibility index (Phi) is 4.03. The normalized spacial score (nSPS) is 9.95. The number of nitriles is 1. The number of benzene rings is 2. The van der Waals surface area contributed by atoms with Crippen molar-refractivity contribution in [1.29, 1.82) is 5.26 Å². The van der Waals surface area contributed by atoms with E-state index in [1.165, 1.54) is 12.1 Å². The lowest BCUT2D eigenvalue weighted by molar-refractivity contribution is 0.465. The van der Waals surface area contributed by atoms with E-state index in [4.69, 9.17) is 5.26 Å². The summed E-state index contributed by atoms with van der Waals surface area (Å²) in [5, 5.41) is 21.7. The van der Waals surface area contributed by atoms with Gasteiger partial charge >= 0.3 is 0 Å². The fourth-order valence-corrected chi connectivity index (χ4v) is 2.09. The first kappa shape index (κ1) is 13.4. The molecule has 2 rings (SSSR count). The Bertz CT molecular complexity index is 652. The molecule has 2 N–H and O–H groups in total. The van der Waals surface area contributed by atoms with Crippen LogP contribution in [0.3, 0.4) is 0 Å². The third-order valence-corrected chi connectivity index (χ3v) is 3.30. The number of halogens is 2. The van der Waals surface area contributed by atoms with Crippen molar-refractivity contribution in [2.75, 3.05) is 5.32 Å². The molecule has 0 aliphatic carbocycles. The number of para-hydroxylation sites is 1. The van der Waals surface area contributed by atoms with Crippen molar-refractivity contribution in [2.24, 2.45) is 0 Å². The molecule has 0 amide bonds. The molecule has 96 valence electrons. The van der Waals surface area contributed by atoms with Crippen LogP contribution in [0.25, 0.3) is 0 Å². The topological polar surface area (TPSA) is 56.0 Å². The van der Waals surface area contributed by atoms with Gasteiger partial charge in [-0.3, -0.25) is 0 Å². The molecule has 2 aromatic carbocycles. The lowest BCUT2D eigenvalue weighted by Gasteiger charge is -2.10. The maximum atomic E-state index is 13.4. The molecule has 0 atom stereocenters. The minimum Gasteiger partial charge on any atom is -0.506 e. The van der Waals surface area contributed by atoms with Crippen molar-refractivity contribution in [3.63, 3.8) is 0 Å². The van der Waals surface area contributed by atoms with Crippen molar-refractivity contribution in [1.82, 2.24) is 0 Å². The van der Waals surface area contributed by atoms with Crippen LogP contribution in [0.1, 0.15) is 11.1 Å². The van der Waals surface area contributed by atoms with Crippen molar-refractivity contribution in [3.05, 3.63) is 57.8 Å². The molecule has 19 heavy (non-hydrogen) atoms. The predicted molar refractivity (Wildman–Crippen MR) is 74.2 cm³/mol. The maximum Gasteiger partial charge on any atom is 0.143 e. The number of aromatic hydroxyl groups is 1. The molecule has 0 radical (unpaired) electrons. The molecule has 0 heterocycles. The number of nitrogens with one attached hydrogen (secondary N) is 1. The van der Waals surface area contributed by atoms with Crippen molar-refractivity contribution < 1.29 is 9.50 Å². The molecule has 0 unspecified atom stereocenters. The standard InChI is InChI=1S/C14H10BrFN2O/c15-11-4-1-3-9(14(11)19)8-18-13-6-2-5-12(16)10(13)7-17/h1-6,18-19H,8H2. The van der Waals surface area contributed by atoms with Gasteiger partial charge in [-0.05, 0) is 34.1 Å². The average molecular weight is 321 g/mol. The summed E-state index contributed by atoms with van der Waals surface area (Å²) in [7, 11) is 0. The molecule has 0 saturated heterocycles. The quantitative estimate of drug-likeness (QED) is 0.904. The Hall–Kier alpha value is -2.06. The summed E-state index contributed by atoms with van der Waals surface area (Å²) in [6.07, 6.45) is 0. The Morgan fingerprint density at radius 2 is 2.00 bits per heavy atom. The summed E-state index contributed by atoms with van der Waals surface area (Å²) in [6, 6.07) is 11.5. The second-order valence-corrected chi connectivity index (χ2v) is 4.73. The lowest BCUT2D eigenvalue weighted by Crippen LogP contribution is -2.02. The molecule has 0 bridgehead atoms. The van der Waals surface area contributed by atoms with Gasteiger partial charge in [-0.15, -0.1) is 0 Å². The molecule has 0 spiro atoms. The number of phenols is 1. The third-order valence-electron chi connectivity index (χ3n) is 2.67. The Labute approximate surface area is 118 Å². The number of rotatable bonds is 3.